The zero-order chi connectivity index (χ0) is 10.4. The van der Waals surface area contributed by atoms with Crippen LogP contribution >= 0.6 is 0 Å². The van der Waals surface area contributed by atoms with Crippen LogP contribution in [0.1, 0.15) is 13.8 Å². The molecule has 4 heteroatoms. The lowest BCUT2D eigenvalue weighted by molar-refractivity contribution is -0.122. The molecule has 0 spiro atoms. The minimum absolute atomic E-state index is 0.0512. The fourth-order valence-electron chi connectivity index (χ4n) is 0.797. The van der Waals surface area contributed by atoms with Gasteiger partial charge in [-0.3, -0.25) is 4.79 Å². The van der Waals surface area contributed by atoms with Crippen LogP contribution in [0, 0.1) is 5.92 Å². The summed E-state index contributed by atoms with van der Waals surface area (Å²) in [4.78, 5) is 12.9. The summed E-state index contributed by atoms with van der Waals surface area (Å²) < 4.78 is 0. The molecule has 0 radical (unpaired) electrons. The van der Waals surface area contributed by atoms with E-state index in [0.29, 0.717) is 13.1 Å². The van der Waals surface area contributed by atoms with Crippen molar-refractivity contribution in [2.75, 3.05) is 27.2 Å². The first kappa shape index (κ1) is 12.4. The van der Waals surface area contributed by atoms with Gasteiger partial charge in [-0.15, -0.1) is 0 Å². The monoisotopic (exact) mass is 188 g/mol. The molecular weight excluding hydrogens is 168 g/mol. The van der Waals surface area contributed by atoms with E-state index >= 15 is 0 Å². The van der Waals surface area contributed by atoms with E-state index in [-0.39, 0.29) is 11.8 Å². The molecular formula is C9H20N2O2. The van der Waals surface area contributed by atoms with Crippen molar-refractivity contribution in [3.63, 3.8) is 0 Å². The van der Waals surface area contributed by atoms with Gasteiger partial charge in [-0.1, -0.05) is 13.8 Å². The van der Waals surface area contributed by atoms with Crippen molar-refractivity contribution in [3.05, 3.63) is 0 Å². The number of likely N-dealkylation sites (N-methyl/N-ethyl adjacent to an activating group) is 1. The summed E-state index contributed by atoms with van der Waals surface area (Å²) in [5.74, 6) is 0.129. The van der Waals surface area contributed by atoms with Crippen LogP contribution in [0.2, 0.25) is 0 Å². The predicted octanol–water partition coefficient (Wildman–Crippen LogP) is -0.319. The van der Waals surface area contributed by atoms with Crippen LogP contribution in [0.15, 0.2) is 0 Å². The van der Waals surface area contributed by atoms with Gasteiger partial charge in [0.25, 0.3) is 0 Å². The summed E-state index contributed by atoms with van der Waals surface area (Å²) in [6.45, 7) is 4.54. The quantitative estimate of drug-likeness (QED) is 0.622. The van der Waals surface area contributed by atoms with Crippen LogP contribution in [0.5, 0.6) is 0 Å². The first-order valence-electron chi connectivity index (χ1n) is 4.53. The number of carbonyl (C=O) groups is 1. The molecule has 0 saturated carbocycles. The van der Waals surface area contributed by atoms with Crippen molar-refractivity contribution < 1.29 is 9.90 Å². The molecule has 78 valence electrons. The normalized spacial score (nSPS) is 13.5. The summed E-state index contributed by atoms with van der Waals surface area (Å²) in [6.07, 6.45) is -0.453. The van der Waals surface area contributed by atoms with Crippen molar-refractivity contribution >= 4 is 5.91 Å². The van der Waals surface area contributed by atoms with Gasteiger partial charge in [-0.05, 0) is 20.0 Å². The van der Waals surface area contributed by atoms with E-state index in [0.717, 1.165) is 0 Å². The molecule has 0 aliphatic rings. The van der Waals surface area contributed by atoms with E-state index in [4.69, 9.17) is 0 Å². The Kier molecular flexibility index (Phi) is 5.66. The summed E-state index contributed by atoms with van der Waals surface area (Å²) in [6, 6.07) is 0. The first-order valence-corrected chi connectivity index (χ1v) is 4.53. The number of carbonyl (C=O) groups excluding carboxylic acids is 1. The fourth-order valence-corrected chi connectivity index (χ4v) is 0.797. The molecule has 0 heterocycles. The maximum Gasteiger partial charge on any atom is 0.234 e. The smallest absolute Gasteiger partial charge is 0.234 e. The maximum absolute atomic E-state index is 11.1. The minimum Gasteiger partial charge on any atom is -0.391 e. The number of amides is 1. The van der Waals surface area contributed by atoms with Gasteiger partial charge in [0.05, 0.1) is 12.6 Å². The van der Waals surface area contributed by atoms with Gasteiger partial charge in [0.1, 0.15) is 0 Å². The highest BCUT2D eigenvalue weighted by atomic mass is 16.3. The SMILES string of the molecule is CC(C)C(O)CNC(=O)CN(C)C. The maximum atomic E-state index is 11.1. The molecule has 1 atom stereocenters. The summed E-state index contributed by atoms with van der Waals surface area (Å²) in [5.41, 5.74) is 0. The van der Waals surface area contributed by atoms with Gasteiger partial charge in [0, 0.05) is 6.54 Å². The van der Waals surface area contributed by atoms with E-state index in [1.54, 1.807) is 4.90 Å². The Hall–Kier alpha value is -0.610. The third kappa shape index (κ3) is 6.54. The zero-order valence-electron chi connectivity index (χ0n) is 8.87. The minimum atomic E-state index is -0.453. The van der Waals surface area contributed by atoms with Gasteiger partial charge in [0.2, 0.25) is 5.91 Å². The molecule has 1 amide bonds. The lowest BCUT2D eigenvalue weighted by atomic mass is 10.1. The third-order valence-corrected chi connectivity index (χ3v) is 1.74. The molecule has 0 aromatic rings. The summed E-state index contributed by atoms with van der Waals surface area (Å²) in [5, 5.41) is 12.0. The lowest BCUT2D eigenvalue weighted by Gasteiger charge is -2.16. The van der Waals surface area contributed by atoms with E-state index in [1.807, 2.05) is 27.9 Å². The number of aliphatic hydroxyl groups is 1. The van der Waals surface area contributed by atoms with Gasteiger partial charge in [-0.25, -0.2) is 0 Å². The molecule has 0 aromatic heterocycles. The number of hydrogen-bond acceptors (Lipinski definition) is 3. The van der Waals surface area contributed by atoms with E-state index < -0.39 is 6.10 Å². The van der Waals surface area contributed by atoms with Crippen LogP contribution < -0.4 is 5.32 Å². The van der Waals surface area contributed by atoms with Gasteiger partial charge >= 0.3 is 0 Å². The average Bonchev–Trinajstić information content (AvgIpc) is 1.98. The van der Waals surface area contributed by atoms with Crippen LogP contribution in [0.4, 0.5) is 0 Å². The molecule has 0 fully saturated rings. The van der Waals surface area contributed by atoms with Gasteiger partial charge in [-0.2, -0.15) is 0 Å². The van der Waals surface area contributed by atoms with Crippen LogP contribution in [0.25, 0.3) is 0 Å². The lowest BCUT2D eigenvalue weighted by Crippen LogP contribution is -2.39. The summed E-state index contributed by atoms with van der Waals surface area (Å²) in [7, 11) is 3.66. The molecule has 0 aromatic carbocycles. The molecule has 0 aliphatic carbocycles. The molecule has 0 bridgehead atoms. The van der Waals surface area contributed by atoms with Gasteiger partial charge in [0.15, 0.2) is 0 Å². The molecule has 1 unspecified atom stereocenters. The number of aliphatic hydroxyl groups excluding tert-OH is 1. The molecule has 13 heavy (non-hydrogen) atoms. The van der Waals surface area contributed by atoms with Crippen LogP contribution in [-0.2, 0) is 4.79 Å². The highest BCUT2D eigenvalue weighted by Gasteiger charge is 2.10. The Morgan fingerprint density at radius 2 is 2.00 bits per heavy atom. The number of nitrogens with one attached hydrogen (secondary N) is 1. The van der Waals surface area contributed by atoms with Crippen molar-refractivity contribution in [2.24, 2.45) is 5.92 Å². The number of nitrogens with zero attached hydrogens (tertiary/aromatic N) is 1. The van der Waals surface area contributed by atoms with Crippen molar-refractivity contribution in [2.45, 2.75) is 20.0 Å². The van der Waals surface area contributed by atoms with E-state index in [1.165, 1.54) is 0 Å². The molecule has 0 saturated heterocycles. The number of hydrogen-bond donors (Lipinski definition) is 2. The second kappa shape index (κ2) is 5.94. The third-order valence-electron chi connectivity index (χ3n) is 1.74. The van der Waals surface area contributed by atoms with Crippen molar-refractivity contribution in [3.8, 4) is 0 Å². The number of rotatable bonds is 5. The Morgan fingerprint density at radius 3 is 2.38 bits per heavy atom. The Morgan fingerprint density at radius 1 is 1.46 bits per heavy atom. The predicted molar refractivity (Wildman–Crippen MR) is 52.4 cm³/mol. The second-order valence-electron chi connectivity index (χ2n) is 3.85. The van der Waals surface area contributed by atoms with E-state index in [2.05, 4.69) is 5.32 Å². The molecule has 0 rings (SSSR count). The first-order chi connectivity index (χ1) is 5.93. The highest BCUT2D eigenvalue weighted by molar-refractivity contribution is 5.77. The highest BCUT2D eigenvalue weighted by Crippen LogP contribution is 1.98. The van der Waals surface area contributed by atoms with E-state index in [9.17, 15) is 9.90 Å². The Bertz CT molecular complexity index is 158. The fraction of sp³-hybridized carbons (Fsp3) is 0.889. The Balaban J connectivity index is 3.58. The molecule has 4 nitrogen and oxygen atoms in total. The second-order valence-corrected chi connectivity index (χ2v) is 3.85. The summed E-state index contributed by atoms with van der Waals surface area (Å²) >= 11 is 0. The molecule has 0 aliphatic heterocycles. The zero-order valence-corrected chi connectivity index (χ0v) is 8.87. The van der Waals surface area contributed by atoms with Crippen molar-refractivity contribution in [1.29, 1.82) is 0 Å². The largest absolute Gasteiger partial charge is 0.391 e. The standard InChI is InChI=1S/C9H20N2O2/c1-7(2)8(12)5-10-9(13)6-11(3)4/h7-8,12H,5-6H2,1-4H3,(H,10,13). The van der Waals surface area contributed by atoms with Crippen LogP contribution in [0.3, 0.4) is 0 Å². The Labute approximate surface area is 79.9 Å². The average molecular weight is 188 g/mol. The van der Waals surface area contributed by atoms with Gasteiger partial charge < -0.3 is 15.3 Å². The topological polar surface area (TPSA) is 52.6 Å². The molecule has 2 N–H and O–H groups in total. The van der Waals surface area contributed by atoms with Crippen LogP contribution in [-0.4, -0.2) is 49.2 Å². The van der Waals surface area contributed by atoms with Crippen molar-refractivity contribution in [1.82, 2.24) is 10.2 Å².